The van der Waals surface area contributed by atoms with Gasteiger partial charge in [-0.15, -0.1) is 0 Å². The Hall–Kier alpha value is -1.33. The molecule has 0 fully saturated rings. The van der Waals surface area contributed by atoms with Crippen LogP contribution in [-0.4, -0.2) is 22.7 Å². The quantitative estimate of drug-likeness (QED) is 0.616. The summed E-state index contributed by atoms with van der Waals surface area (Å²) in [6.45, 7) is 3.99. The van der Waals surface area contributed by atoms with Crippen molar-refractivity contribution in [3.8, 4) is 0 Å². The summed E-state index contributed by atoms with van der Waals surface area (Å²) >= 11 is 5.99. The minimum absolute atomic E-state index is 0.0219. The number of rotatable bonds is 6. The topological polar surface area (TPSA) is 75.4 Å². The van der Waals surface area contributed by atoms with E-state index in [2.05, 4.69) is 5.32 Å². The fourth-order valence-corrected chi connectivity index (χ4v) is 1.93. The molecule has 0 bridgehead atoms. The zero-order valence-electron chi connectivity index (χ0n) is 10.4. The summed E-state index contributed by atoms with van der Waals surface area (Å²) in [6, 6.07) is 4.49. The first-order valence-electron chi connectivity index (χ1n) is 5.77. The van der Waals surface area contributed by atoms with E-state index < -0.39 is 4.92 Å². The number of benzene rings is 1. The lowest BCUT2D eigenvalue weighted by atomic mass is 10.0. The first-order chi connectivity index (χ1) is 8.47. The van der Waals surface area contributed by atoms with Gasteiger partial charge in [-0.2, -0.15) is 0 Å². The van der Waals surface area contributed by atoms with Gasteiger partial charge < -0.3 is 10.4 Å². The second kappa shape index (κ2) is 6.56. The average Bonchev–Trinajstić information content (AvgIpc) is 2.30. The number of hydrogen-bond acceptors (Lipinski definition) is 4. The van der Waals surface area contributed by atoms with Crippen LogP contribution in [0.15, 0.2) is 18.2 Å². The van der Waals surface area contributed by atoms with Gasteiger partial charge in [0.15, 0.2) is 0 Å². The molecule has 5 nitrogen and oxygen atoms in total. The molecule has 0 radical (unpaired) electrons. The lowest BCUT2D eigenvalue weighted by Gasteiger charge is -2.23. The maximum Gasteiger partial charge on any atom is 0.293 e. The number of aliphatic hydroxyl groups excluding tert-OH is 1. The fourth-order valence-electron chi connectivity index (χ4n) is 1.70. The summed E-state index contributed by atoms with van der Waals surface area (Å²) in [5.74, 6) is 0.230. The van der Waals surface area contributed by atoms with Gasteiger partial charge in [0.05, 0.1) is 9.95 Å². The molecule has 0 aromatic heterocycles. The Morgan fingerprint density at radius 3 is 2.67 bits per heavy atom. The maximum absolute atomic E-state index is 10.9. The van der Waals surface area contributed by atoms with Crippen molar-refractivity contribution in [1.82, 2.24) is 0 Å². The van der Waals surface area contributed by atoms with E-state index in [4.69, 9.17) is 16.7 Å². The molecule has 100 valence electrons. The van der Waals surface area contributed by atoms with Crippen LogP contribution in [0, 0.1) is 16.0 Å². The Kier molecular flexibility index (Phi) is 5.37. The zero-order chi connectivity index (χ0) is 13.7. The number of nitro benzene ring substituents is 1. The minimum Gasteiger partial charge on any atom is -0.396 e. The molecule has 18 heavy (non-hydrogen) atoms. The van der Waals surface area contributed by atoms with Gasteiger partial charge in [0.2, 0.25) is 0 Å². The van der Waals surface area contributed by atoms with Crippen molar-refractivity contribution in [3.63, 3.8) is 0 Å². The third-order valence-electron chi connectivity index (χ3n) is 2.76. The van der Waals surface area contributed by atoms with E-state index in [-0.39, 0.29) is 24.3 Å². The van der Waals surface area contributed by atoms with Crippen molar-refractivity contribution in [2.24, 2.45) is 5.92 Å². The van der Waals surface area contributed by atoms with E-state index in [1.807, 2.05) is 13.8 Å². The second-order valence-corrected chi connectivity index (χ2v) is 4.81. The Bertz CT molecular complexity index is 424. The molecule has 1 unspecified atom stereocenters. The molecule has 0 heterocycles. The van der Waals surface area contributed by atoms with Crippen LogP contribution in [0.5, 0.6) is 0 Å². The highest BCUT2D eigenvalue weighted by Crippen LogP contribution is 2.33. The SMILES string of the molecule is CC(C)C(CCO)Nc1c(Cl)cccc1[N+](=O)[O-]. The van der Waals surface area contributed by atoms with Crippen molar-refractivity contribution in [1.29, 1.82) is 0 Å². The van der Waals surface area contributed by atoms with Gasteiger partial charge in [-0.3, -0.25) is 10.1 Å². The van der Waals surface area contributed by atoms with Gasteiger partial charge in [0.25, 0.3) is 5.69 Å². The molecular weight excluding hydrogens is 256 g/mol. The number of halogens is 1. The minimum atomic E-state index is -0.468. The van der Waals surface area contributed by atoms with E-state index >= 15 is 0 Å². The molecule has 0 spiro atoms. The van der Waals surface area contributed by atoms with Crippen LogP contribution in [0.2, 0.25) is 5.02 Å². The van der Waals surface area contributed by atoms with Gasteiger partial charge in [0, 0.05) is 18.7 Å². The van der Waals surface area contributed by atoms with E-state index in [0.29, 0.717) is 17.1 Å². The molecule has 6 heteroatoms. The highest BCUT2D eigenvalue weighted by Gasteiger charge is 2.21. The molecular formula is C12H17ClN2O3. The molecule has 0 saturated heterocycles. The van der Waals surface area contributed by atoms with Crippen molar-refractivity contribution in [2.45, 2.75) is 26.3 Å². The van der Waals surface area contributed by atoms with Crippen LogP contribution in [0.4, 0.5) is 11.4 Å². The summed E-state index contributed by atoms with van der Waals surface area (Å²) in [4.78, 5) is 10.5. The number of nitrogens with zero attached hydrogens (tertiary/aromatic N) is 1. The smallest absolute Gasteiger partial charge is 0.293 e. The first-order valence-corrected chi connectivity index (χ1v) is 6.15. The summed E-state index contributed by atoms with van der Waals surface area (Å²) < 4.78 is 0. The molecule has 0 saturated carbocycles. The van der Waals surface area contributed by atoms with Crippen molar-refractivity contribution >= 4 is 23.0 Å². The number of aliphatic hydroxyl groups is 1. The van der Waals surface area contributed by atoms with Gasteiger partial charge in [-0.05, 0) is 18.4 Å². The Labute approximate surface area is 111 Å². The number of para-hydroxylation sites is 1. The predicted molar refractivity (Wildman–Crippen MR) is 72.1 cm³/mol. The molecule has 0 aliphatic heterocycles. The molecule has 0 aliphatic carbocycles. The highest BCUT2D eigenvalue weighted by molar-refractivity contribution is 6.33. The van der Waals surface area contributed by atoms with E-state index in [1.54, 1.807) is 12.1 Å². The lowest BCUT2D eigenvalue weighted by Crippen LogP contribution is -2.27. The molecule has 1 aromatic rings. The van der Waals surface area contributed by atoms with Gasteiger partial charge in [-0.25, -0.2) is 0 Å². The first kappa shape index (κ1) is 14.7. The largest absolute Gasteiger partial charge is 0.396 e. The number of hydrogen-bond donors (Lipinski definition) is 2. The van der Waals surface area contributed by atoms with E-state index in [1.165, 1.54) is 6.07 Å². The number of nitro groups is 1. The number of nitrogens with one attached hydrogen (secondary N) is 1. The van der Waals surface area contributed by atoms with Crippen molar-refractivity contribution in [3.05, 3.63) is 33.3 Å². The summed E-state index contributed by atoms with van der Waals surface area (Å²) in [6.07, 6.45) is 0.514. The molecule has 0 amide bonds. The van der Waals surface area contributed by atoms with Crippen LogP contribution >= 0.6 is 11.6 Å². The van der Waals surface area contributed by atoms with Crippen LogP contribution < -0.4 is 5.32 Å². The van der Waals surface area contributed by atoms with Crippen LogP contribution in [-0.2, 0) is 0 Å². The maximum atomic E-state index is 10.9. The average molecular weight is 273 g/mol. The van der Waals surface area contributed by atoms with E-state index in [9.17, 15) is 10.1 Å². The zero-order valence-corrected chi connectivity index (χ0v) is 11.1. The van der Waals surface area contributed by atoms with Crippen molar-refractivity contribution in [2.75, 3.05) is 11.9 Å². The monoisotopic (exact) mass is 272 g/mol. The Balaban J connectivity index is 3.04. The fraction of sp³-hybridized carbons (Fsp3) is 0.500. The molecule has 2 N–H and O–H groups in total. The van der Waals surface area contributed by atoms with Crippen LogP contribution in [0.1, 0.15) is 20.3 Å². The standard InChI is InChI=1S/C12H17ClN2O3/c1-8(2)10(6-7-16)14-12-9(13)4-3-5-11(12)15(17)18/h3-5,8,10,14,16H,6-7H2,1-2H3. The normalized spacial score (nSPS) is 12.5. The number of anilines is 1. The van der Waals surface area contributed by atoms with Crippen LogP contribution in [0.3, 0.4) is 0 Å². The molecule has 1 rings (SSSR count). The van der Waals surface area contributed by atoms with Crippen LogP contribution in [0.25, 0.3) is 0 Å². The Morgan fingerprint density at radius 2 is 2.17 bits per heavy atom. The highest BCUT2D eigenvalue weighted by atomic mass is 35.5. The second-order valence-electron chi connectivity index (χ2n) is 4.40. The molecule has 1 aromatic carbocycles. The van der Waals surface area contributed by atoms with Crippen molar-refractivity contribution < 1.29 is 10.0 Å². The third kappa shape index (κ3) is 3.58. The third-order valence-corrected chi connectivity index (χ3v) is 3.08. The van der Waals surface area contributed by atoms with Gasteiger partial charge in [0.1, 0.15) is 5.69 Å². The molecule has 1 atom stereocenters. The summed E-state index contributed by atoms with van der Waals surface area (Å²) in [7, 11) is 0. The van der Waals surface area contributed by atoms with Gasteiger partial charge >= 0.3 is 0 Å². The lowest BCUT2D eigenvalue weighted by molar-refractivity contribution is -0.384. The Morgan fingerprint density at radius 1 is 1.50 bits per heavy atom. The molecule has 0 aliphatic rings. The predicted octanol–water partition coefficient (Wildman–Crippen LogP) is 3.07. The van der Waals surface area contributed by atoms with Gasteiger partial charge in [-0.1, -0.05) is 31.5 Å². The summed E-state index contributed by atoms with van der Waals surface area (Å²) in [5, 5.41) is 23.3. The van der Waals surface area contributed by atoms with E-state index in [0.717, 1.165) is 0 Å². The summed E-state index contributed by atoms with van der Waals surface area (Å²) in [5.41, 5.74) is 0.266.